The fourth-order valence-electron chi connectivity index (χ4n) is 0.916. The molecule has 2 heteroatoms. The third-order valence-corrected chi connectivity index (χ3v) is 2.23. The molecule has 90 valence electrons. The van der Waals surface area contributed by atoms with Crippen molar-refractivity contribution in [1.29, 1.82) is 0 Å². The summed E-state index contributed by atoms with van der Waals surface area (Å²) in [5.74, 6) is -0.327. The van der Waals surface area contributed by atoms with Crippen LogP contribution in [0.3, 0.4) is 0 Å². The van der Waals surface area contributed by atoms with Gasteiger partial charge in [0.2, 0.25) is 0 Å². The molecule has 0 spiro atoms. The second-order valence-electron chi connectivity index (χ2n) is 3.74. The Morgan fingerprint density at radius 2 is 2.06 bits per heavy atom. The predicted octanol–water partition coefficient (Wildman–Crippen LogP) is 3.80. The maximum atomic E-state index is 11.4. The van der Waals surface area contributed by atoms with Crippen LogP contribution < -0.4 is 0 Å². The van der Waals surface area contributed by atoms with Gasteiger partial charge in [-0.2, -0.15) is 0 Å². The number of ether oxygens (including phenoxy) is 1. The van der Waals surface area contributed by atoms with Crippen LogP contribution in [0.2, 0.25) is 0 Å². The van der Waals surface area contributed by atoms with Crippen molar-refractivity contribution >= 4 is 5.97 Å². The molecule has 0 heterocycles. The summed E-state index contributed by atoms with van der Waals surface area (Å²) >= 11 is 0. The average molecular weight is 222 g/mol. The monoisotopic (exact) mass is 222 g/mol. The molecule has 0 amide bonds. The lowest BCUT2D eigenvalue weighted by molar-refractivity contribution is -0.138. The second-order valence-corrected chi connectivity index (χ2v) is 3.74. The maximum Gasteiger partial charge on any atom is 0.337 e. The van der Waals surface area contributed by atoms with E-state index in [1.807, 2.05) is 19.1 Å². The lowest BCUT2D eigenvalue weighted by Crippen LogP contribution is -2.06. The van der Waals surface area contributed by atoms with Gasteiger partial charge >= 0.3 is 5.97 Å². The van der Waals surface area contributed by atoms with E-state index in [4.69, 9.17) is 4.74 Å². The zero-order valence-corrected chi connectivity index (χ0v) is 10.6. The molecule has 0 aromatic rings. The highest BCUT2D eigenvalue weighted by atomic mass is 16.5. The molecule has 0 aromatic heterocycles. The molecule has 0 radical (unpaired) electrons. The molecule has 0 saturated carbocycles. The molecule has 0 rings (SSSR count). The van der Waals surface area contributed by atoms with Crippen LogP contribution in [-0.4, -0.2) is 12.6 Å². The van der Waals surface area contributed by atoms with Crippen molar-refractivity contribution in [2.75, 3.05) is 6.61 Å². The zero-order chi connectivity index (χ0) is 12.4. The molecule has 2 nitrogen and oxygen atoms in total. The Morgan fingerprint density at radius 1 is 1.38 bits per heavy atom. The minimum absolute atomic E-state index is 0.327. The number of hydrogen-bond donors (Lipinski definition) is 0. The molecule has 0 aliphatic carbocycles. The average Bonchev–Trinajstić information content (AvgIpc) is 2.28. The first-order chi connectivity index (χ1) is 7.61. The minimum atomic E-state index is -0.327. The van der Waals surface area contributed by atoms with E-state index in [2.05, 4.69) is 20.4 Å². The normalized spacial score (nSPS) is 11.8. The van der Waals surface area contributed by atoms with Crippen molar-refractivity contribution in [1.82, 2.24) is 0 Å². The lowest BCUT2D eigenvalue weighted by Gasteiger charge is -2.02. The SMILES string of the molecule is C=C(/C=C\C=C(\C)CC)C(=O)OCCCC. The van der Waals surface area contributed by atoms with Gasteiger partial charge in [0.15, 0.2) is 0 Å². The number of hydrogen-bond acceptors (Lipinski definition) is 2. The van der Waals surface area contributed by atoms with Crippen molar-refractivity contribution < 1.29 is 9.53 Å². The van der Waals surface area contributed by atoms with Crippen LogP contribution in [0.1, 0.15) is 40.0 Å². The minimum Gasteiger partial charge on any atom is -0.462 e. The predicted molar refractivity (Wildman–Crippen MR) is 68.2 cm³/mol. The third kappa shape index (κ3) is 7.04. The number of esters is 1. The van der Waals surface area contributed by atoms with E-state index in [1.165, 1.54) is 5.57 Å². The number of rotatable bonds is 7. The number of unbranched alkanes of at least 4 members (excludes halogenated alkanes) is 1. The smallest absolute Gasteiger partial charge is 0.337 e. The first-order valence-corrected chi connectivity index (χ1v) is 5.81. The van der Waals surface area contributed by atoms with E-state index < -0.39 is 0 Å². The van der Waals surface area contributed by atoms with Gasteiger partial charge in [-0.25, -0.2) is 4.79 Å². The summed E-state index contributed by atoms with van der Waals surface area (Å²) < 4.78 is 5.02. The largest absolute Gasteiger partial charge is 0.462 e. The van der Waals surface area contributed by atoms with E-state index in [-0.39, 0.29) is 5.97 Å². The number of carbonyl (C=O) groups excluding carboxylic acids is 1. The Bertz CT molecular complexity index is 285. The van der Waals surface area contributed by atoms with Gasteiger partial charge in [0, 0.05) is 0 Å². The Morgan fingerprint density at radius 3 is 2.62 bits per heavy atom. The second kappa shape index (κ2) is 8.96. The van der Waals surface area contributed by atoms with Crippen LogP contribution in [0.4, 0.5) is 0 Å². The highest BCUT2D eigenvalue weighted by molar-refractivity contribution is 5.90. The highest BCUT2D eigenvalue weighted by Crippen LogP contribution is 2.02. The maximum absolute atomic E-state index is 11.4. The molecule has 0 fully saturated rings. The molecule has 0 bridgehead atoms. The van der Waals surface area contributed by atoms with E-state index in [0.29, 0.717) is 12.2 Å². The molecule has 0 aliphatic heterocycles. The summed E-state index contributed by atoms with van der Waals surface area (Å²) in [6.45, 7) is 10.3. The van der Waals surface area contributed by atoms with Crippen molar-refractivity contribution in [3.63, 3.8) is 0 Å². The van der Waals surface area contributed by atoms with Crippen molar-refractivity contribution in [2.45, 2.75) is 40.0 Å². The van der Waals surface area contributed by atoms with Gasteiger partial charge in [0.05, 0.1) is 12.2 Å². The van der Waals surface area contributed by atoms with Gasteiger partial charge in [-0.05, 0) is 25.8 Å². The zero-order valence-electron chi connectivity index (χ0n) is 10.6. The summed E-state index contributed by atoms with van der Waals surface area (Å²) in [4.78, 5) is 11.4. The van der Waals surface area contributed by atoms with Gasteiger partial charge in [-0.15, -0.1) is 0 Å². The fourth-order valence-corrected chi connectivity index (χ4v) is 0.916. The van der Waals surface area contributed by atoms with Gasteiger partial charge in [0.1, 0.15) is 0 Å². The Kier molecular flexibility index (Phi) is 8.22. The Hall–Kier alpha value is -1.31. The van der Waals surface area contributed by atoms with Gasteiger partial charge in [-0.1, -0.05) is 44.6 Å². The van der Waals surface area contributed by atoms with Crippen molar-refractivity contribution in [3.05, 3.63) is 36.0 Å². The van der Waals surface area contributed by atoms with Crippen LogP contribution in [0.15, 0.2) is 36.0 Å². The summed E-state index contributed by atoms with van der Waals surface area (Å²) in [5, 5.41) is 0. The van der Waals surface area contributed by atoms with Gasteiger partial charge < -0.3 is 4.74 Å². The Labute approximate surface area is 98.7 Å². The van der Waals surface area contributed by atoms with E-state index >= 15 is 0 Å². The summed E-state index contributed by atoms with van der Waals surface area (Å²) in [5.41, 5.74) is 1.67. The van der Waals surface area contributed by atoms with E-state index in [0.717, 1.165) is 19.3 Å². The first-order valence-electron chi connectivity index (χ1n) is 5.81. The standard InChI is InChI=1S/C14H22O2/c1-5-7-11-16-14(15)13(4)10-8-9-12(3)6-2/h8-10H,4-7,11H2,1-3H3/b10-8-,12-9-. The van der Waals surface area contributed by atoms with Crippen molar-refractivity contribution in [2.24, 2.45) is 0 Å². The fraction of sp³-hybridized carbons (Fsp3) is 0.500. The van der Waals surface area contributed by atoms with Crippen LogP contribution in [0.5, 0.6) is 0 Å². The Balaban J connectivity index is 4.01. The van der Waals surface area contributed by atoms with Crippen LogP contribution >= 0.6 is 0 Å². The molecular formula is C14H22O2. The highest BCUT2D eigenvalue weighted by Gasteiger charge is 2.03. The summed E-state index contributed by atoms with van der Waals surface area (Å²) in [6, 6.07) is 0. The molecule has 0 saturated heterocycles. The van der Waals surface area contributed by atoms with E-state index in [1.54, 1.807) is 6.08 Å². The first kappa shape index (κ1) is 14.7. The van der Waals surface area contributed by atoms with Crippen LogP contribution in [0, 0.1) is 0 Å². The molecule has 0 atom stereocenters. The molecule has 0 unspecified atom stereocenters. The van der Waals surface area contributed by atoms with Gasteiger partial charge in [-0.3, -0.25) is 0 Å². The van der Waals surface area contributed by atoms with E-state index in [9.17, 15) is 4.79 Å². The third-order valence-electron chi connectivity index (χ3n) is 2.23. The van der Waals surface area contributed by atoms with Gasteiger partial charge in [0.25, 0.3) is 0 Å². The topological polar surface area (TPSA) is 26.3 Å². The quantitative estimate of drug-likeness (QED) is 0.283. The number of carbonyl (C=O) groups is 1. The van der Waals surface area contributed by atoms with Crippen LogP contribution in [0.25, 0.3) is 0 Å². The molecular weight excluding hydrogens is 200 g/mol. The van der Waals surface area contributed by atoms with Crippen LogP contribution in [-0.2, 0) is 9.53 Å². The molecule has 0 aromatic carbocycles. The lowest BCUT2D eigenvalue weighted by atomic mass is 10.2. The summed E-state index contributed by atoms with van der Waals surface area (Å²) in [6.07, 6.45) is 8.43. The molecule has 0 aliphatic rings. The summed E-state index contributed by atoms with van der Waals surface area (Å²) in [7, 11) is 0. The number of allylic oxidation sites excluding steroid dienone is 3. The molecule has 16 heavy (non-hydrogen) atoms. The molecule has 0 N–H and O–H groups in total. The van der Waals surface area contributed by atoms with Crippen molar-refractivity contribution in [3.8, 4) is 0 Å².